The molecule has 0 aliphatic heterocycles. The largest absolute Gasteiger partial charge is 0.462 e. The van der Waals surface area contributed by atoms with Gasteiger partial charge < -0.3 is 14.2 Å². The van der Waals surface area contributed by atoms with Crippen LogP contribution in [0, 0.1) is 0 Å². The lowest BCUT2D eigenvalue weighted by atomic mass is 10.1. The Kier molecular flexibility index (Phi) is 50.0. The maximum atomic E-state index is 12.8. The average molecular weight is 863 g/mol. The summed E-state index contributed by atoms with van der Waals surface area (Å²) in [6, 6.07) is 0. The Bertz CT molecular complexity index is 1160. The molecule has 0 aliphatic rings. The van der Waals surface area contributed by atoms with Crippen molar-refractivity contribution in [2.75, 3.05) is 19.8 Å². The molecule has 5 heteroatoms. The lowest BCUT2D eigenvalue weighted by molar-refractivity contribution is -0.163. The first-order chi connectivity index (χ1) is 30.6. The summed E-state index contributed by atoms with van der Waals surface area (Å²) in [5, 5.41) is 0. The van der Waals surface area contributed by atoms with E-state index >= 15 is 0 Å². The molecule has 1 unspecified atom stereocenters. The minimum atomic E-state index is -0.557. The summed E-state index contributed by atoms with van der Waals surface area (Å²) in [6.45, 7) is 7.58. The van der Waals surface area contributed by atoms with E-state index in [1.165, 1.54) is 103 Å². The van der Waals surface area contributed by atoms with E-state index in [0.717, 1.165) is 103 Å². The molecule has 0 aliphatic carbocycles. The Hall–Kier alpha value is -2.92. The zero-order valence-electron chi connectivity index (χ0n) is 40.9. The van der Waals surface area contributed by atoms with Crippen molar-refractivity contribution < 1.29 is 23.8 Å². The molecule has 0 fully saturated rings. The minimum Gasteiger partial charge on any atom is -0.462 e. The molecule has 356 valence electrons. The Labute approximate surface area is 384 Å². The molecule has 0 radical (unpaired) electrons. The molecule has 0 saturated carbocycles. The van der Waals surface area contributed by atoms with E-state index in [9.17, 15) is 9.59 Å². The van der Waals surface area contributed by atoms with Gasteiger partial charge in [-0.1, -0.05) is 202 Å². The molecule has 0 bridgehead atoms. The van der Waals surface area contributed by atoms with Crippen molar-refractivity contribution >= 4 is 11.9 Å². The van der Waals surface area contributed by atoms with Crippen LogP contribution in [0.5, 0.6) is 0 Å². The smallest absolute Gasteiger partial charge is 0.306 e. The third-order valence-electron chi connectivity index (χ3n) is 10.9. The Balaban J connectivity index is 4.32. The molecule has 0 aromatic rings. The minimum absolute atomic E-state index is 0.0667. The fourth-order valence-corrected chi connectivity index (χ4v) is 7.00. The molecule has 0 aromatic heterocycles. The van der Waals surface area contributed by atoms with Crippen LogP contribution >= 0.6 is 0 Å². The molecule has 0 aromatic carbocycles. The lowest BCUT2D eigenvalue weighted by Crippen LogP contribution is -2.30. The second kappa shape index (κ2) is 52.4. The molecule has 0 spiro atoms. The molecular weight excluding hydrogens is 765 g/mol. The topological polar surface area (TPSA) is 61.8 Å². The zero-order chi connectivity index (χ0) is 44.9. The van der Waals surface area contributed by atoms with E-state index in [1.54, 1.807) is 0 Å². The van der Waals surface area contributed by atoms with Crippen LogP contribution in [-0.4, -0.2) is 37.9 Å². The lowest BCUT2D eigenvalue weighted by Gasteiger charge is -2.18. The molecule has 62 heavy (non-hydrogen) atoms. The number of esters is 2. The summed E-state index contributed by atoms with van der Waals surface area (Å²) < 4.78 is 17.4. The predicted molar refractivity (Wildman–Crippen MR) is 270 cm³/mol. The van der Waals surface area contributed by atoms with Crippen molar-refractivity contribution in [3.63, 3.8) is 0 Å². The van der Waals surface area contributed by atoms with Gasteiger partial charge in [-0.2, -0.15) is 0 Å². The summed E-state index contributed by atoms with van der Waals surface area (Å²) in [5.74, 6) is -0.430. The van der Waals surface area contributed by atoms with Gasteiger partial charge in [0.05, 0.1) is 6.61 Å². The van der Waals surface area contributed by atoms with E-state index < -0.39 is 6.10 Å². The second-order valence-electron chi connectivity index (χ2n) is 17.0. The van der Waals surface area contributed by atoms with Crippen molar-refractivity contribution in [3.8, 4) is 0 Å². The van der Waals surface area contributed by atoms with Crippen molar-refractivity contribution in [1.82, 2.24) is 0 Å². The first kappa shape index (κ1) is 59.1. The van der Waals surface area contributed by atoms with Gasteiger partial charge in [0.2, 0.25) is 0 Å². The number of hydrogen-bond acceptors (Lipinski definition) is 5. The third kappa shape index (κ3) is 49.7. The first-order valence-electron chi connectivity index (χ1n) is 26.1. The Morgan fingerprint density at radius 3 is 1.23 bits per heavy atom. The Morgan fingerprint density at radius 1 is 0.371 bits per heavy atom. The van der Waals surface area contributed by atoms with Gasteiger partial charge in [0, 0.05) is 19.4 Å². The quantitative estimate of drug-likeness (QED) is 0.0346. The average Bonchev–Trinajstić information content (AvgIpc) is 3.27. The molecule has 1 atom stereocenters. The second-order valence-corrected chi connectivity index (χ2v) is 17.0. The highest BCUT2D eigenvalue weighted by molar-refractivity contribution is 5.70. The molecule has 0 saturated heterocycles. The zero-order valence-corrected chi connectivity index (χ0v) is 40.9. The van der Waals surface area contributed by atoms with E-state index in [0.29, 0.717) is 19.4 Å². The maximum Gasteiger partial charge on any atom is 0.306 e. The summed E-state index contributed by atoms with van der Waals surface area (Å²) in [4.78, 5) is 25.4. The number of carbonyl (C=O) groups excluding carboxylic acids is 2. The SMILES string of the molecule is CC/C=C\C/C=C\C/C=C\CCCCCCCCOCC(COC(=O)CCCCCCCCC/C=C\C/C=C\CCCCC)OC(=O)CCCCCCC/C=C\C/C=C\CCC. The van der Waals surface area contributed by atoms with E-state index in [-0.39, 0.29) is 25.2 Å². The number of ether oxygens (including phenoxy) is 3. The van der Waals surface area contributed by atoms with Crippen molar-refractivity contribution in [3.05, 3.63) is 85.1 Å². The fraction of sp³-hybridized carbons (Fsp3) is 0.719. The van der Waals surface area contributed by atoms with Gasteiger partial charge in [-0.15, -0.1) is 0 Å². The van der Waals surface area contributed by atoms with Gasteiger partial charge in [-0.3, -0.25) is 9.59 Å². The van der Waals surface area contributed by atoms with Crippen LogP contribution < -0.4 is 0 Å². The summed E-state index contributed by atoms with van der Waals surface area (Å²) >= 11 is 0. The van der Waals surface area contributed by atoms with E-state index in [1.807, 2.05) is 0 Å². The van der Waals surface area contributed by atoms with Crippen LogP contribution in [-0.2, 0) is 23.8 Å². The first-order valence-corrected chi connectivity index (χ1v) is 26.1. The molecule has 0 heterocycles. The van der Waals surface area contributed by atoms with Gasteiger partial charge in [-0.05, 0) is 109 Å². The fourth-order valence-electron chi connectivity index (χ4n) is 7.00. The number of rotatable bonds is 47. The monoisotopic (exact) mass is 863 g/mol. The Morgan fingerprint density at radius 2 is 0.758 bits per heavy atom. The number of carbonyl (C=O) groups is 2. The summed E-state index contributed by atoms with van der Waals surface area (Å²) in [5.41, 5.74) is 0. The van der Waals surface area contributed by atoms with Crippen LogP contribution in [0.2, 0.25) is 0 Å². The highest BCUT2D eigenvalue weighted by atomic mass is 16.6. The van der Waals surface area contributed by atoms with Crippen molar-refractivity contribution in [2.45, 2.75) is 245 Å². The summed E-state index contributed by atoms with van der Waals surface area (Å²) in [6.07, 6.45) is 68.7. The number of unbranched alkanes of at least 4 members (excludes halogenated alkanes) is 22. The van der Waals surface area contributed by atoms with E-state index in [2.05, 4.69) is 106 Å². The van der Waals surface area contributed by atoms with Crippen LogP contribution in [0.1, 0.15) is 239 Å². The third-order valence-corrected chi connectivity index (χ3v) is 10.9. The molecule has 0 rings (SSSR count). The standard InChI is InChI=1S/C57H98O5/c1-4-7-10-13-16-19-22-25-27-29-30-33-35-38-41-44-47-50-56(58)61-54-55(62-57(59)51-48-45-42-39-36-32-24-21-18-15-12-9-6-3)53-60-52-49-46-43-40-37-34-31-28-26-23-20-17-14-11-8-5-2/h8,11-12,15-17,19-21,24-28,55H,4-7,9-10,13-14,18,22-23,29-54H2,1-3H3/b11-8-,15-12-,19-16-,20-17-,24-21-,27-25-,28-26-. The maximum absolute atomic E-state index is 12.8. The van der Waals surface area contributed by atoms with Gasteiger partial charge in [0.25, 0.3) is 0 Å². The number of allylic oxidation sites excluding steroid dienone is 14. The number of hydrogen-bond donors (Lipinski definition) is 0. The van der Waals surface area contributed by atoms with Crippen molar-refractivity contribution in [2.24, 2.45) is 0 Å². The molecule has 0 N–H and O–H groups in total. The molecular formula is C57H98O5. The van der Waals surface area contributed by atoms with E-state index in [4.69, 9.17) is 14.2 Å². The van der Waals surface area contributed by atoms with Gasteiger partial charge in [0.15, 0.2) is 6.10 Å². The van der Waals surface area contributed by atoms with Gasteiger partial charge in [-0.25, -0.2) is 0 Å². The van der Waals surface area contributed by atoms with Crippen molar-refractivity contribution in [1.29, 1.82) is 0 Å². The van der Waals surface area contributed by atoms with Crippen LogP contribution in [0.3, 0.4) is 0 Å². The van der Waals surface area contributed by atoms with Gasteiger partial charge in [0.1, 0.15) is 6.61 Å². The molecule has 0 amide bonds. The van der Waals surface area contributed by atoms with Crippen LogP contribution in [0.25, 0.3) is 0 Å². The molecule has 5 nitrogen and oxygen atoms in total. The van der Waals surface area contributed by atoms with Gasteiger partial charge >= 0.3 is 11.9 Å². The van der Waals surface area contributed by atoms with Crippen LogP contribution in [0.4, 0.5) is 0 Å². The summed E-state index contributed by atoms with van der Waals surface area (Å²) in [7, 11) is 0. The highest BCUT2D eigenvalue weighted by Crippen LogP contribution is 2.13. The predicted octanol–water partition coefficient (Wildman–Crippen LogP) is 17.7. The normalized spacial score (nSPS) is 12.9. The highest BCUT2D eigenvalue weighted by Gasteiger charge is 2.17. The van der Waals surface area contributed by atoms with Crippen LogP contribution in [0.15, 0.2) is 85.1 Å².